The van der Waals surface area contributed by atoms with Crippen LogP contribution in [-0.2, 0) is 20.3 Å². The Labute approximate surface area is 165 Å². The van der Waals surface area contributed by atoms with E-state index >= 15 is 0 Å². The lowest BCUT2D eigenvalue weighted by Gasteiger charge is -2.35. The van der Waals surface area contributed by atoms with Crippen LogP contribution in [0, 0.1) is 0 Å². The topological polar surface area (TPSA) is 60.3 Å². The minimum absolute atomic E-state index is 0.440. The summed E-state index contributed by atoms with van der Waals surface area (Å²) in [5.41, 5.74) is 2.13. The van der Waals surface area contributed by atoms with Gasteiger partial charge in [-0.05, 0) is 42.3 Å². The third-order valence-electron chi connectivity index (χ3n) is 4.84. The number of nitrogens with one attached hydrogen (secondary N) is 1. The molecule has 7 heteroatoms. The van der Waals surface area contributed by atoms with Gasteiger partial charge in [0.25, 0.3) is 0 Å². The predicted octanol–water partition coefficient (Wildman–Crippen LogP) is 4.47. The molecule has 1 aromatic heterocycles. The van der Waals surface area contributed by atoms with Crippen LogP contribution < -0.4 is 4.72 Å². The molecule has 0 amide bonds. The standard InChI is InChI=1S/C20H23ClN2O3S/c1-4-20(14-26-2,15-8-10-16(21)11-9-15)23-13-12-17-18(22-27(3,24)25)6-5-7-19(17)23/h5-13,22H,4,14H2,1-3H3. The highest BCUT2D eigenvalue weighted by atomic mass is 35.5. The normalized spacial score (nSPS) is 14.2. The van der Waals surface area contributed by atoms with Gasteiger partial charge in [0.2, 0.25) is 10.0 Å². The van der Waals surface area contributed by atoms with Crippen molar-refractivity contribution in [3.63, 3.8) is 0 Å². The van der Waals surface area contributed by atoms with E-state index in [1.807, 2.05) is 48.7 Å². The van der Waals surface area contributed by atoms with Gasteiger partial charge in [-0.25, -0.2) is 8.42 Å². The smallest absolute Gasteiger partial charge is 0.229 e. The van der Waals surface area contributed by atoms with Crippen LogP contribution in [0.3, 0.4) is 0 Å². The lowest BCUT2D eigenvalue weighted by molar-refractivity contribution is 0.111. The number of halogens is 1. The molecule has 27 heavy (non-hydrogen) atoms. The average Bonchev–Trinajstić information content (AvgIpc) is 3.05. The van der Waals surface area contributed by atoms with Crippen LogP contribution in [0.1, 0.15) is 18.9 Å². The molecule has 0 aliphatic rings. The van der Waals surface area contributed by atoms with Crippen molar-refractivity contribution in [1.29, 1.82) is 0 Å². The summed E-state index contributed by atoms with van der Waals surface area (Å²) in [5.74, 6) is 0. The Bertz CT molecular complexity index is 1040. The Morgan fingerprint density at radius 1 is 1.15 bits per heavy atom. The van der Waals surface area contributed by atoms with Crippen molar-refractivity contribution in [2.45, 2.75) is 18.9 Å². The van der Waals surface area contributed by atoms with Crippen molar-refractivity contribution in [1.82, 2.24) is 4.57 Å². The molecule has 3 aromatic rings. The maximum Gasteiger partial charge on any atom is 0.229 e. The molecule has 0 aliphatic heterocycles. The van der Waals surface area contributed by atoms with Crippen LogP contribution >= 0.6 is 11.6 Å². The molecule has 1 heterocycles. The fourth-order valence-electron chi connectivity index (χ4n) is 3.60. The number of rotatable bonds is 7. The molecule has 3 rings (SSSR count). The first-order valence-electron chi connectivity index (χ1n) is 8.64. The van der Waals surface area contributed by atoms with Gasteiger partial charge in [0.05, 0.1) is 29.6 Å². The Morgan fingerprint density at radius 3 is 2.44 bits per heavy atom. The lowest BCUT2D eigenvalue weighted by atomic mass is 9.87. The summed E-state index contributed by atoms with van der Waals surface area (Å²) in [5, 5.41) is 1.52. The summed E-state index contributed by atoms with van der Waals surface area (Å²) >= 11 is 6.08. The molecule has 2 aromatic carbocycles. The van der Waals surface area contributed by atoms with Gasteiger partial charge in [-0.2, -0.15) is 0 Å². The van der Waals surface area contributed by atoms with E-state index in [0.29, 0.717) is 17.3 Å². The van der Waals surface area contributed by atoms with Crippen molar-refractivity contribution in [3.05, 3.63) is 65.3 Å². The highest BCUT2D eigenvalue weighted by molar-refractivity contribution is 7.92. The number of anilines is 1. The monoisotopic (exact) mass is 406 g/mol. The van der Waals surface area contributed by atoms with Crippen molar-refractivity contribution >= 4 is 38.2 Å². The van der Waals surface area contributed by atoms with Gasteiger partial charge >= 0.3 is 0 Å². The van der Waals surface area contributed by atoms with E-state index in [2.05, 4.69) is 16.2 Å². The highest BCUT2D eigenvalue weighted by Gasteiger charge is 2.33. The minimum atomic E-state index is -3.37. The Balaban J connectivity index is 2.23. The van der Waals surface area contributed by atoms with Crippen molar-refractivity contribution < 1.29 is 13.2 Å². The average molecular weight is 407 g/mol. The van der Waals surface area contributed by atoms with E-state index in [1.165, 1.54) is 0 Å². The first-order valence-corrected chi connectivity index (χ1v) is 10.9. The quantitative estimate of drug-likeness (QED) is 0.629. The minimum Gasteiger partial charge on any atom is -0.382 e. The van der Waals surface area contributed by atoms with Gasteiger partial charge in [0, 0.05) is 23.7 Å². The summed E-state index contributed by atoms with van der Waals surface area (Å²) < 4.78 is 33.8. The second kappa shape index (κ2) is 7.54. The highest BCUT2D eigenvalue weighted by Crippen LogP contribution is 2.36. The summed E-state index contributed by atoms with van der Waals surface area (Å²) in [6, 6.07) is 15.3. The summed E-state index contributed by atoms with van der Waals surface area (Å²) in [6.45, 7) is 2.58. The zero-order valence-electron chi connectivity index (χ0n) is 15.6. The third kappa shape index (κ3) is 3.83. The summed E-state index contributed by atoms with van der Waals surface area (Å²) in [6.07, 6.45) is 3.92. The molecule has 1 atom stereocenters. The zero-order valence-corrected chi connectivity index (χ0v) is 17.1. The maximum absolute atomic E-state index is 11.7. The summed E-state index contributed by atoms with van der Waals surface area (Å²) in [4.78, 5) is 0. The van der Waals surface area contributed by atoms with Crippen molar-refractivity contribution in [2.75, 3.05) is 24.7 Å². The van der Waals surface area contributed by atoms with Gasteiger partial charge in [-0.1, -0.05) is 36.7 Å². The Hall–Kier alpha value is -2.02. The fourth-order valence-corrected chi connectivity index (χ4v) is 4.30. The first kappa shape index (κ1) is 19.7. The Kier molecular flexibility index (Phi) is 5.51. The molecule has 0 radical (unpaired) electrons. The number of ether oxygens (including phenoxy) is 1. The molecular formula is C20H23ClN2O3S. The lowest BCUT2D eigenvalue weighted by Crippen LogP contribution is -2.38. The molecule has 5 nitrogen and oxygen atoms in total. The number of methoxy groups -OCH3 is 1. The van der Waals surface area contributed by atoms with Crippen LogP contribution in [0.25, 0.3) is 10.9 Å². The largest absolute Gasteiger partial charge is 0.382 e. The van der Waals surface area contributed by atoms with E-state index in [9.17, 15) is 8.42 Å². The first-order chi connectivity index (χ1) is 12.8. The van der Waals surface area contributed by atoms with E-state index in [1.54, 1.807) is 13.2 Å². The molecule has 0 aliphatic carbocycles. The fraction of sp³-hybridized carbons (Fsp3) is 0.300. The van der Waals surface area contributed by atoms with E-state index < -0.39 is 15.6 Å². The van der Waals surface area contributed by atoms with E-state index in [-0.39, 0.29) is 0 Å². The maximum atomic E-state index is 11.7. The number of hydrogen-bond acceptors (Lipinski definition) is 3. The molecule has 0 spiro atoms. The van der Waals surface area contributed by atoms with Crippen LogP contribution in [-0.4, -0.2) is 33.0 Å². The second-order valence-corrected chi connectivity index (χ2v) is 8.81. The number of fused-ring (bicyclic) bond motifs is 1. The van der Waals surface area contributed by atoms with Gasteiger partial charge in [-0.15, -0.1) is 0 Å². The van der Waals surface area contributed by atoms with Crippen LogP contribution in [0.15, 0.2) is 54.7 Å². The molecule has 0 bridgehead atoms. The summed E-state index contributed by atoms with van der Waals surface area (Å²) in [7, 11) is -1.68. The molecule has 1 N–H and O–H groups in total. The van der Waals surface area contributed by atoms with Gasteiger partial charge < -0.3 is 9.30 Å². The van der Waals surface area contributed by atoms with Gasteiger partial charge in [0.15, 0.2) is 0 Å². The van der Waals surface area contributed by atoms with Gasteiger partial charge in [-0.3, -0.25) is 4.72 Å². The van der Waals surface area contributed by atoms with Crippen molar-refractivity contribution in [3.8, 4) is 0 Å². The number of nitrogens with zero attached hydrogens (tertiary/aromatic N) is 1. The molecule has 0 saturated carbocycles. The number of sulfonamides is 1. The van der Waals surface area contributed by atoms with E-state index in [4.69, 9.17) is 16.3 Å². The molecule has 1 unspecified atom stereocenters. The zero-order chi connectivity index (χ0) is 19.7. The van der Waals surface area contributed by atoms with Crippen LogP contribution in [0.5, 0.6) is 0 Å². The number of hydrogen-bond donors (Lipinski definition) is 1. The second-order valence-electron chi connectivity index (χ2n) is 6.62. The van der Waals surface area contributed by atoms with Crippen LogP contribution in [0.4, 0.5) is 5.69 Å². The molecule has 0 saturated heterocycles. The van der Waals surface area contributed by atoms with E-state index in [0.717, 1.165) is 29.1 Å². The van der Waals surface area contributed by atoms with Crippen LogP contribution in [0.2, 0.25) is 5.02 Å². The predicted molar refractivity (Wildman–Crippen MR) is 111 cm³/mol. The number of aromatic nitrogens is 1. The number of benzene rings is 2. The SMILES string of the molecule is CCC(COC)(c1ccc(Cl)cc1)n1ccc2c(NS(C)(=O)=O)cccc21. The molecule has 0 fully saturated rings. The van der Waals surface area contributed by atoms with Gasteiger partial charge in [0.1, 0.15) is 0 Å². The third-order valence-corrected chi connectivity index (χ3v) is 5.68. The Morgan fingerprint density at radius 2 is 1.85 bits per heavy atom. The van der Waals surface area contributed by atoms with Crippen molar-refractivity contribution in [2.24, 2.45) is 0 Å². The molecule has 144 valence electrons. The molecular weight excluding hydrogens is 384 g/mol.